The van der Waals surface area contributed by atoms with E-state index in [2.05, 4.69) is 35.2 Å². The van der Waals surface area contributed by atoms with E-state index in [0.29, 0.717) is 5.91 Å². The Kier molecular flexibility index (Phi) is 6.22. The van der Waals surface area contributed by atoms with E-state index in [4.69, 9.17) is 9.90 Å². The van der Waals surface area contributed by atoms with E-state index in [9.17, 15) is 18.0 Å². The maximum Gasteiger partial charge on any atom is 0.490 e. The monoisotopic (exact) mass is 412 g/mol. The number of nitrogens with zero attached hydrogens (tertiary/aromatic N) is 2. The molecule has 1 aromatic carbocycles. The van der Waals surface area contributed by atoms with Crippen molar-refractivity contribution in [1.29, 1.82) is 0 Å². The Labute approximate surface area is 168 Å². The summed E-state index contributed by atoms with van der Waals surface area (Å²) in [5.41, 5.74) is 1.18. The molecule has 4 rings (SSSR count). The van der Waals surface area contributed by atoms with Crippen molar-refractivity contribution in [3.63, 3.8) is 0 Å². The van der Waals surface area contributed by atoms with Crippen LogP contribution in [0.3, 0.4) is 0 Å². The van der Waals surface area contributed by atoms with E-state index < -0.39 is 12.1 Å². The van der Waals surface area contributed by atoms with E-state index in [-0.39, 0.29) is 11.5 Å². The third-order valence-electron chi connectivity index (χ3n) is 6.50. The minimum absolute atomic E-state index is 0.119. The van der Waals surface area contributed by atoms with Gasteiger partial charge < -0.3 is 14.9 Å². The quantitative estimate of drug-likeness (QED) is 0.769. The molecular weight excluding hydrogens is 385 g/mol. The van der Waals surface area contributed by atoms with Crippen molar-refractivity contribution in [2.24, 2.45) is 11.3 Å². The molecule has 1 aliphatic carbocycles. The standard InChI is InChI=1S/C19H26N2O.C2HF3O2/c1-20-17(16-8-3-2-4-9-16)19(18(20)22)10-12-21(13-11-19)14-15-6-5-7-15;3-2(4,5)1(6)7/h2-4,8-9,15,17H,5-7,10-14H2,1H3;(H,6,7). The van der Waals surface area contributed by atoms with Crippen LogP contribution in [0.15, 0.2) is 30.3 Å². The lowest BCUT2D eigenvalue weighted by Gasteiger charge is -2.58. The lowest BCUT2D eigenvalue weighted by molar-refractivity contribution is -0.192. The zero-order chi connectivity index (χ0) is 21.2. The van der Waals surface area contributed by atoms with Crippen molar-refractivity contribution in [3.8, 4) is 0 Å². The predicted octanol–water partition coefficient (Wildman–Crippen LogP) is 3.72. The number of β-lactam (4-membered cyclic amide) rings is 1. The van der Waals surface area contributed by atoms with Crippen LogP contribution in [0.5, 0.6) is 0 Å². The molecule has 29 heavy (non-hydrogen) atoms. The molecule has 160 valence electrons. The van der Waals surface area contributed by atoms with E-state index in [1.807, 2.05) is 11.9 Å². The summed E-state index contributed by atoms with van der Waals surface area (Å²) in [5.74, 6) is -1.46. The summed E-state index contributed by atoms with van der Waals surface area (Å²) in [5, 5.41) is 7.12. The van der Waals surface area contributed by atoms with Crippen LogP contribution >= 0.6 is 0 Å². The number of hydrogen-bond donors (Lipinski definition) is 1. The molecule has 5 nitrogen and oxygen atoms in total. The molecule has 3 aliphatic rings. The molecule has 1 atom stereocenters. The highest BCUT2D eigenvalue weighted by atomic mass is 19.4. The minimum atomic E-state index is -5.08. The molecule has 0 bridgehead atoms. The predicted molar refractivity (Wildman–Crippen MR) is 101 cm³/mol. The highest BCUT2D eigenvalue weighted by Crippen LogP contribution is 2.55. The number of alkyl halides is 3. The van der Waals surface area contributed by atoms with Gasteiger partial charge in [-0.15, -0.1) is 0 Å². The molecular formula is C21H27F3N2O3. The van der Waals surface area contributed by atoms with Gasteiger partial charge in [-0.1, -0.05) is 36.8 Å². The lowest BCUT2D eigenvalue weighted by Crippen LogP contribution is -2.65. The maximum absolute atomic E-state index is 12.6. The van der Waals surface area contributed by atoms with Crippen molar-refractivity contribution in [1.82, 2.24) is 9.80 Å². The average Bonchev–Trinajstić information content (AvgIpc) is 2.66. The normalized spacial score (nSPS) is 24.3. The summed E-state index contributed by atoms with van der Waals surface area (Å²) in [7, 11) is 1.96. The van der Waals surface area contributed by atoms with Gasteiger partial charge in [0.15, 0.2) is 0 Å². The SMILES string of the molecule is CN1C(=O)C2(CCN(CC3CCC3)CC2)C1c1ccccc1.O=C(O)C(F)(F)F. The molecule has 1 unspecified atom stereocenters. The lowest BCUT2D eigenvalue weighted by atomic mass is 9.62. The van der Waals surface area contributed by atoms with Crippen LogP contribution in [0, 0.1) is 11.3 Å². The van der Waals surface area contributed by atoms with Crippen molar-refractivity contribution in [2.75, 3.05) is 26.7 Å². The van der Waals surface area contributed by atoms with Gasteiger partial charge in [-0.25, -0.2) is 4.79 Å². The van der Waals surface area contributed by atoms with Crippen molar-refractivity contribution >= 4 is 11.9 Å². The largest absolute Gasteiger partial charge is 0.490 e. The summed E-state index contributed by atoms with van der Waals surface area (Å²) in [6.45, 7) is 3.45. The molecule has 2 heterocycles. The van der Waals surface area contributed by atoms with Crippen LogP contribution in [0.4, 0.5) is 13.2 Å². The Balaban J connectivity index is 0.000000298. The Morgan fingerprint density at radius 1 is 1.17 bits per heavy atom. The van der Waals surface area contributed by atoms with Crippen LogP contribution in [-0.2, 0) is 9.59 Å². The highest BCUT2D eigenvalue weighted by molar-refractivity contribution is 5.90. The molecule has 2 aliphatic heterocycles. The number of carbonyl (C=O) groups is 2. The molecule has 2 saturated heterocycles. The Hall–Kier alpha value is -2.09. The first-order chi connectivity index (χ1) is 13.6. The van der Waals surface area contributed by atoms with Gasteiger partial charge in [-0.3, -0.25) is 4.79 Å². The number of amides is 1. The first-order valence-corrected chi connectivity index (χ1v) is 10.00. The molecule has 1 amide bonds. The topological polar surface area (TPSA) is 60.9 Å². The number of carboxylic acids is 1. The third kappa shape index (κ3) is 4.42. The first kappa shape index (κ1) is 21.6. The van der Waals surface area contributed by atoms with Gasteiger partial charge in [0.05, 0.1) is 11.5 Å². The second kappa shape index (κ2) is 8.34. The zero-order valence-corrected chi connectivity index (χ0v) is 16.5. The van der Waals surface area contributed by atoms with Crippen LogP contribution in [-0.4, -0.2) is 59.6 Å². The molecule has 1 spiro atoms. The fourth-order valence-corrected chi connectivity index (χ4v) is 4.73. The number of halogens is 3. The first-order valence-electron chi connectivity index (χ1n) is 10.00. The van der Waals surface area contributed by atoms with Crippen molar-refractivity contribution in [3.05, 3.63) is 35.9 Å². The Morgan fingerprint density at radius 2 is 1.72 bits per heavy atom. The van der Waals surface area contributed by atoms with Gasteiger partial charge in [-0.2, -0.15) is 13.2 Å². The average molecular weight is 412 g/mol. The molecule has 3 fully saturated rings. The van der Waals surface area contributed by atoms with Gasteiger partial charge >= 0.3 is 12.1 Å². The van der Waals surface area contributed by atoms with Crippen molar-refractivity contribution in [2.45, 2.75) is 44.3 Å². The van der Waals surface area contributed by atoms with Crippen LogP contribution in [0.2, 0.25) is 0 Å². The molecule has 1 saturated carbocycles. The molecule has 1 aromatic rings. The van der Waals surface area contributed by atoms with Crippen molar-refractivity contribution < 1.29 is 27.9 Å². The van der Waals surface area contributed by atoms with E-state index >= 15 is 0 Å². The van der Waals surface area contributed by atoms with Gasteiger partial charge in [0.25, 0.3) is 0 Å². The number of likely N-dealkylation sites (tertiary alicyclic amines) is 2. The third-order valence-corrected chi connectivity index (χ3v) is 6.50. The summed E-state index contributed by atoms with van der Waals surface area (Å²) in [6, 6.07) is 10.9. The summed E-state index contributed by atoms with van der Waals surface area (Å²) < 4.78 is 31.7. The van der Waals surface area contributed by atoms with Gasteiger partial charge in [0, 0.05) is 13.6 Å². The van der Waals surface area contributed by atoms with Crippen LogP contribution in [0.1, 0.15) is 43.7 Å². The Bertz CT molecular complexity index is 726. The fraction of sp³-hybridized carbons (Fsp3) is 0.619. The maximum atomic E-state index is 12.6. The fourth-order valence-electron chi connectivity index (χ4n) is 4.73. The number of rotatable bonds is 3. The number of piperidine rings is 1. The number of carboxylic acid groups (broad SMARTS) is 1. The minimum Gasteiger partial charge on any atom is -0.475 e. The summed E-state index contributed by atoms with van der Waals surface area (Å²) >= 11 is 0. The smallest absolute Gasteiger partial charge is 0.475 e. The molecule has 1 N–H and O–H groups in total. The number of carbonyl (C=O) groups excluding carboxylic acids is 1. The molecule has 8 heteroatoms. The second-order valence-corrected chi connectivity index (χ2v) is 8.29. The van der Waals surface area contributed by atoms with Crippen LogP contribution in [0.25, 0.3) is 0 Å². The van der Waals surface area contributed by atoms with Gasteiger partial charge in [-0.05, 0) is 50.3 Å². The summed E-state index contributed by atoms with van der Waals surface area (Å²) in [4.78, 5) is 26.1. The second-order valence-electron chi connectivity index (χ2n) is 8.29. The van der Waals surface area contributed by atoms with Crippen LogP contribution < -0.4 is 0 Å². The highest BCUT2D eigenvalue weighted by Gasteiger charge is 2.59. The Morgan fingerprint density at radius 3 is 2.17 bits per heavy atom. The molecule has 0 aromatic heterocycles. The number of aliphatic carboxylic acids is 1. The zero-order valence-electron chi connectivity index (χ0n) is 16.5. The van der Waals surface area contributed by atoms with E-state index in [0.717, 1.165) is 31.8 Å². The van der Waals surface area contributed by atoms with Gasteiger partial charge in [0.2, 0.25) is 5.91 Å². The molecule has 0 radical (unpaired) electrons. The van der Waals surface area contributed by atoms with E-state index in [1.54, 1.807) is 0 Å². The summed E-state index contributed by atoms with van der Waals surface area (Å²) in [6.07, 6.45) is 1.22. The van der Waals surface area contributed by atoms with Gasteiger partial charge in [0.1, 0.15) is 0 Å². The number of hydrogen-bond acceptors (Lipinski definition) is 3. The van der Waals surface area contributed by atoms with E-state index in [1.165, 1.54) is 31.4 Å². The number of benzene rings is 1.